The Balaban J connectivity index is 2.01. The lowest BCUT2D eigenvalue weighted by atomic mass is 10.2. The van der Waals surface area contributed by atoms with E-state index in [1.54, 1.807) is 0 Å². The maximum absolute atomic E-state index is 5.52. The van der Waals surface area contributed by atoms with Crippen molar-refractivity contribution in [1.82, 2.24) is 0 Å². The molecule has 0 atom stereocenters. The Labute approximate surface area is 99.1 Å². The van der Waals surface area contributed by atoms with Gasteiger partial charge in [-0.2, -0.15) is 0 Å². The van der Waals surface area contributed by atoms with Crippen LogP contribution in [0.2, 0.25) is 0 Å². The summed E-state index contributed by atoms with van der Waals surface area (Å²) in [6, 6.07) is 10.3. The number of benzene rings is 1. The first kappa shape index (κ1) is 13.0. The maximum atomic E-state index is 5.52. The van der Waals surface area contributed by atoms with Crippen molar-refractivity contribution in [2.75, 3.05) is 13.2 Å². The Morgan fingerprint density at radius 2 is 1.88 bits per heavy atom. The van der Waals surface area contributed by atoms with E-state index in [0.29, 0.717) is 0 Å². The fourth-order valence-corrected chi connectivity index (χ4v) is 1.53. The molecule has 0 aliphatic heterocycles. The van der Waals surface area contributed by atoms with Gasteiger partial charge in [0.15, 0.2) is 0 Å². The van der Waals surface area contributed by atoms with Crippen molar-refractivity contribution in [3.8, 4) is 0 Å². The van der Waals surface area contributed by atoms with Crippen LogP contribution in [0.4, 0.5) is 0 Å². The zero-order valence-electron chi connectivity index (χ0n) is 10.2. The normalized spacial score (nSPS) is 11.1. The molecular weight excluding hydrogens is 196 g/mol. The van der Waals surface area contributed by atoms with E-state index in [0.717, 1.165) is 13.2 Å². The minimum absolute atomic E-state index is 0.723. The molecule has 0 spiro atoms. The van der Waals surface area contributed by atoms with Gasteiger partial charge in [-0.05, 0) is 12.0 Å². The highest BCUT2D eigenvalue weighted by Gasteiger charge is 1.87. The lowest BCUT2D eigenvalue weighted by Crippen LogP contribution is -1.93. The number of unbranched alkanes of at least 4 members (excludes halogenated alkanes) is 3. The highest BCUT2D eigenvalue weighted by molar-refractivity contribution is 5.48. The van der Waals surface area contributed by atoms with Gasteiger partial charge in [-0.15, -0.1) is 0 Å². The molecule has 1 heteroatoms. The topological polar surface area (TPSA) is 9.23 Å². The third-order valence-corrected chi connectivity index (χ3v) is 2.47. The largest absolute Gasteiger partial charge is 0.377 e. The van der Waals surface area contributed by atoms with E-state index >= 15 is 0 Å². The second kappa shape index (κ2) is 9.17. The lowest BCUT2D eigenvalue weighted by Gasteiger charge is -2.00. The summed E-state index contributed by atoms with van der Waals surface area (Å²) < 4.78 is 5.52. The summed E-state index contributed by atoms with van der Waals surface area (Å²) in [6.07, 6.45) is 9.27. The van der Waals surface area contributed by atoms with Gasteiger partial charge < -0.3 is 4.74 Å². The quantitative estimate of drug-likeness (QED) is 0.591. The van der Waals surface area contributed by atoms with Gasteiger partial charge in [-0.25, -0.2) is 0 Å². The second-order valence-electron chi connectivity index (χ2n) is 3.95. The van der Waals surface area contributed by atoms with Crippen molar-refractivity contribution >= 4 is 6.08 Å². The van der Waals surface area contributed by atoms with E-state index in [1.807, 2.05) is 18.2 Å². The van der Waals surface area contributed by atoms with Crippen molar-refractivity contribution in [3.05, 3.63) is 42.0 Å². The van der Waals surface area contributed by atoms with E-state index < -0.39 is 0 Å². The van der Waals surface area contributed by atoms with Crippen LogP contribution in [0.3, 0.4) is 0 Å². The molecule has 0 saturated heterocycles. The molecule has 1 rings (SSSR count). The SMILES string of the molecule is CCCCCCOC/C=C/c1ccccc1. The summed E-state index contributed by atoms with van der Waals surface area (Å²) in [5.41, 5.74) is 1.23. The summed E-state index contributed by atoms with van der Waals surface area (Å²) in [5.74, 6) is 0. The first-order valence-electron chi connectivity index (χ1n) is 6.23. The van der Waals surface area contributed by atoms with Crippen LogP contribution < -0.4 is 0 Å². The molecule has 0 aromatic heterocycles. The van der Waals surface area contributed by atoms with Gasteiger partial charge in [0.05, 0.1) is 6.61 Å². The zero-order valence-corrected chi connectivity index (χ0v) is 10.2. The van der Waals surface area contributed by atoms with Gasteiger partial charge in [0.2, 0.25) is 0 Å². The molecule has 0 fully saturated rings. The van der Waals surface area contributed by atoms with Crippen LogP contribution in [-0.4, -0.2) is 13.2 Å². The van der Waals surface area contributed by atoms with E-state index in [9.17, 15) is 0 Å². The molecule has 1 aromatic rings. The first-order chi connectivity index (χ1) is 7.93. The summed E-state index contributed by atoms with van der Waals surface area (Å²) >= 11 is 0. The second-order valence-corrected chi connectivity index (χ2v) is 3.95. The molecule has 88 valence electrons. The molecule has 0 unspecified atom stereocenters. The summed E-state index contributed by atoms with van der Waals surface area (Å²) in [5, 5.41) is 0. The minimum atomic E-state index is 0.723. The maximum Gasteiger partial charge on any atom is 0.0650 e. The molecule has 1 nitrogen and oxygen atoms in total. The summed E-state index contributed by atoms with van der Waals surface area (Å²) in [7, 11) is 0. The van der Waals surface area contributed by atoms with Gasteiger partial charge in [-0.1, -0.05) is 68.7 Å². The molecule has 0 aliphatic carbocycles. The fraction of sp³-hybridized carbons (Fsp3) is 0.467. The number of hydrogen-bond donors (Lipinski definition) is 0. The first-order valence-corrected chi connectivity index (χ1v) is 6.23. The molecule has 0 saturated carbocycles. The third-order valence-electron chi connectivity index (χ3n) is 2.47. The van der Waals surface area contributed by atoms with Crippen LogP contribution in [0, 0.1) is 0 Å². The van der Waals surface area contributed by atoms with E-state index in [-0.39, 0.29) is 0 Å². The Kier molecular flexibility index (Phi) is 7.44. The Morgan fingerprint density at radius 3 is 2.62 bits per heavy atom. The Hall–Kier alpha value is -1.08. The molecule has 0 radical (unpaired) electrons. The molecule has 0 N–H and O–H groups in total. The van der Waals surface area contributed by atoms with Crippen LogP contribution in [0.25, 0.3) is 6.08 Å². The fourth-order valence-electron chi connectivity index (χ4n) is 1.53. The van der Waals surface area contributed by atoms with Crippen LogP contribution in [0.5, 0.6) is 0 Å². The monoisotopic (exact) mass is 218 g/mol. The highest BCUT2D eigenvalue weighted by atomic mass is 16.5. The van der Waals surface area contributed by atoms with Crippen LogP contribution >= 0.6 is 0 Å². The molecule has 1 aromatic carbocycles. The molecule has 16 heavy (non-hydrogen) atoms. The Bertz CT molecular complexity index is 277. The third kappa shape index (κ3) is 6.41. The van der Waals surface area contributed by atoms with Crippen LogP contribution in [0.1, 0.15) is 38.2 Å². The highest BCUT2D eigenvalue weighted by Crippen LogP contribution is 2.01. The van der Waals surface area contributed by atoms with Crippen molar-refractivity contribution in [3.63, 3.8) is 0 Å². The van der Waals surface area contributed by atoms with Crippen molar-refractivity contribution in [2.45, 2.75) is 32.6 Å². The van der Waals surface area contributed by atoms with Crippen molar-refractivity contribution in [1.29, 1.82) is 0 Å². The number of ether oxygens (including phenoxy) is 1. The van der Waals surface area contributed by atoms with E-state index in [1.165, 1.54) is 31.2 Å². The molecule has 0 heterocycles. The van der Waals surface area contributed by atoms with Gasteiger partial charge in [0.25, 0.3) is 0 Å². The van der Waals surface area contributed by atoms with Crippen molar-refractivity contribution < 1.29 is 4.74 Å². The van der Waals surface area contributed by atoms with Gasteiger partial charge in [0, 0.05) is 6.61 Å². The predicted molar refractivity (Wildman–Crippen MR) is 70.4 cm³/mol. The number of rotatable bonds is 8. The van der Waals surface area contributed by atoms with Gasteiger partial charge in [0.1, 0.15) is 0 Å². The zero-order chi connectivity index (χ0) is 11.5. The van der Waals surface area contributed by atoms with Gasteiger partial charge >= 0.3 is 0 Å². The predicted octanol–water partition coefficient (Wildman–Crippen LogP) is 4.30. The van der Waals surface area contributed by atoms with E-state index in [2.05, 4.69) is 31.2 Å². The van der Waals surface area contributed by atoms with Gasteiger partial charge in [-0.3, -0.25) is 0 Å². The molecular formula is C15H22O. The molecule has 0 aliphatic rings. The molecule has 0 amide bonds. The Morgan fingerprint density at radius 1 is 1.06 bits per heavy atom. The number of hydrogen-bond acceptors (Lipinski definition) is 1. The minimum Gasteiger partial charge on any atom is -0.377 e. The molecule has 0 bridgehead atoms. The van der Waals surface area contributed by atoms with Crippen molar-refractivity contribution in [2.24, 2.45) is 0 Å². The standard InChI is InChI=1S/C15H22O/c1-2-3-4-8-13-16-14-9-12-15-10-6-5-7-11-15/h5-7,9-12H,2-4,8,13-14H2,1H3/b12-9+. The average Bonchev–Trinajstić information content (AvgIpc) is 2.34. The summed E-state index contributed by atoms with van der Waals surface area (Å²) in [4.78, 5) is 0. The summed E-state index contributed by atoms with van der Waals surface area (Å²) in [6.45, 7) is 3.84. The average molecular weight is 218 g/mol. The smallest absolute Gasteiger partial charge is 0.0650 e. The lowest BCUT2D eigenvalue weighted by molar-refractivity contribution is 0.157. The van der Waals surface area contributed by atoms with Crippen LogP contribution in [0.15, 0.2) is 36.4 Å². The van der Waals surface area contributed by atoms with Crippen LogP contribution in [-0.2, 0) is 4.74 Å². The van der Waals surface area contributed by atoms with E-state index in [4.69, 9.17) is 4.74 Å².